The highest BCUT2D eigenvalue weighted by atomic mass is 16.5. The van der Waals surface area contributed by atoms with Crippen molar-refractivity contribution in [2.75, 3.05) is 13.2 Å². The van der Waals surface area contributed by atoms with Gasteiger partial charge in [-0.25, -0.2) is 0 Å². The van der Waals surface area contributed by atoms with E-state index in [0.717, 1.165) is 19.1 Å². The molecule has 2 heteroatoms. The summed E-state index contributed by atoms with van der Waals surface area (Å²) in [5.74, 6) is 0.845. The molecule has 0 aromatic carbocycles. The van der Waals surface area contributed by atoms with Crippen molar-refractivity contribution in [1.82, 2.24) is 0 Å². The summed E-state index contributed by atoms with van der Waals surface area (Å²) in [4.78, 5) is 0. The van der Waals surface area contributed by atoms with E-state index in [4.69, 9.17) is 10.5 Å². The summed E-state index contributed by atoms with van der Waals surface area (Å²) in [6.45, 7) is 4.03. The molecule has 1 aliphatic heterocycles. The van der Waals surface area contributed by atoms with Crippen LogP contribution in [0.5, 0.6) is 0 Å². The second-order valence-corrected chi connectivity index (χ2v) is 5.05. The average molecular weight is 197 g/mol. The molecule has 2 rings (SSSR count). The second-order valence-electron chi connectivity index (χ2n) is 5.05. The van der Waals surface area contributed by atoms with E-state index >= 15 is 0 Å². The van der Waals surface area contributed by atoms with Crippen LogP contribution in [0.3, 0.4) is 0 Å². The molecule has 1 saturated carbocycles. The molecule has 2 nitrogen and oxygen atoms in total. The Balaban J connectivity index is 1.99. The molecule has 1 aliphatic carbocycles. The van der Waals surface area contributed by atoms with Crippen LogP contribution >= 0.6 is 0 Å². The largest absolute Gasteiger partial charge is 0.377 e. The second kappa shape index (κ2) is 4.19. The Morgan fingerprint density at radius 1 is 1.43 bits per heavy atom. The molecule has 0 aromatic rings. The van der Waals surface area contributed by atoms with E-state index in [9.17, 15) is 0 Å². The Morgan fingerprint density at radius 2 is 2.21 bits per heavy atom. The summed E-state index contributed by atoms with van der Waals surface area (Å²) in [5, 5.41) is 0. The van der Waals surface area contributed by atoms with Gasteiger partial charge in [0.25, 0.3) is 0 Å². The van der Waals surface area contributed by atoms with Crippen molar-refractivity contribution in [2.24, 2.45) is 17.1 Å². The van der Waals surface area contributed by atoms with Gasteiger partial charge < -0.3 is 10.5 Å². The molecule has 2 atom stereocenters. The van der Waals surface area contributed by atoms with E-state index in [1.54, 1.807) is 0 Å². The minimum Gasteiger partial charge on any atom is -0.377 e. The summed E-state index contributed by atoms with van der Waals surface area (Å²) in [6.07, 6.45) is 8.31. The Hall–Kier alpha value is -0.0800. The molecule has 0 spiro atoms. The average Bonchev–Trinajstić information content (AvgIpc) is 2.97. The molecule has 0 radical (unpaired) electrons. The summed E-state index contributed by atoms with van der Waals surface area (Å²) in [5.41, 5.74) is 6.33. The standard InChI is InChI=1S/C12H23NO/c1-2-3-6-12(9-13)7-8-14-11(12)10-4-5-10/h10-11H,2-9,13H2,1H3. The quantitative estimate of drug-likeness (QED) is 0.734. The molecule has 1 saturated heterocycles. The first kappa shape index (κ1) is 10.4. The van der Waals surface area contributed by atoms with E-state index in [1.165, 1.54) is 38.5 Å². The lowest BCUT2D eigenvalue weighted by Gasteiger charge is -2.33. The van der Waals surface area contributed by atoms with Crippen LogP contribution in [0.2, 0.25) is 0 Å². The fourth-order valence-electron chi connectivity index (χ4n) is 2.86. The third-order valence-electron chi connectivity index (χ3n) is 3.99. The highest BCUT2D eigenvalue weighted by molar-refractivity contribution is 4.99. The molecule has 0 bridgehead atoms. The number of unbranched alkanes of at least 4 members (excludes halogenated alkanes) is 1. The van der Waals surface area contributed by atoms with Crippen LogP contribution in [-0.4, -0.2) is 19.3 Å². The van der Waals surface area contributed by atoms with Gasteiger partial charge in [-0.2, -0.15) is 0 Å². The minimum atomic E-state index is 0.344. The summed E-state index contributed by atoms with van der Waals surface area (Å²) < 4.78 is 5.90. The van der Waals surface area contributed by atoms with Gasteiger partial charge in [0.1, 0.15) is 0 Å². The van der Waals surface area contributed by atoms with Gasteiger partial charge >= 0.3 is 0 Å². The van der Waals surface area contributed by atoms with Gasteiger partial charge in [-0.15, -0.1) is 0 Å². The van der Waals surface area contributed by atoms with Crippen LogP contribution < -0.4 is 5.73 Å². The van der Waals surface area contributed by atoms with Crippen LogP contribution in [-0.2, 0) is 4.74 Å². The molecular weight excluding hydrogens is 174 g/mol. The Labute approximate surface area is 87.2 Å². The van der Waals surface area contributed by atoms with Crippen molar-refractivity contribution in [2.45, 2.75) is 51.6 Å². The van der Waals surface area contributed by atoms with Crippen LogP contribution in [0.15, 0.2) is 0 Å². The smallest absolute Gasteiger partial charge is 0.0672 e. The highest BCUT2D eigenvalue weighted by Crippen LogP contribution is 2.49. The fraction of sp³-hybridized carbons (Fsp3) is 1.00. The monoisotopic (exact) mass is 197 g/mol. The van der Waals surface area contributed by atoms with Gasteiger partial charge in [0.2, 0.25) is 0 Å². The minimum absolute atomic E-state index is 0.344. The van der Waals surface area contributed by atoms with E-state index in [2.05, 4.69) is 6.92 Å². The van der Waals surface area contributed by atoms with Gasteiger partial charge in [-0.3, -0.25) is 0 Å². The van der Waals surface area contributed by atoms with Gasteiger partial charge in [0.15, 0.2) is 0 Å². The summed E-state index contributed by atoms with van der Waals surface area (Å²) in [6, 6.07) is 0. The Kier molecular flexibility index (Phi) is 3.13. The lowest BCUT2D eigenvalue weighted by Crippen LogP contribution is -2.39. The zero-order valence-corrected chi connectivity index (χ0v) is 9.30. The number of hydrogen-bond donors (Lipinski definition) is 1. The van der Waals surface area contributed by atoms with Crippen LogP contribution in [0.4, 0.5) is 0 Å². The predicted molar refractivity (Wildman–Crippen MR) is 58.1 cm³/mol. The summed E-state index contributed by atoms with van der Waals surface area (Å²) in [7, 11) is 0. The molecule has 0 amide bonds. The zero-order chi connectivity index (χ0) is 10.0. The van der Waals surface area contributed by atoms with E-state index in [0.29, 0.717) is 11.5 Å². The maximum absolute atomic E-state index is 5.99. The SMILES string of the molecule is CCCCC1(CN)CCOC1C1CC1. The Morgan fingerprint density at radius 3 is 2.79 bits per heavy atom. The molecule has 82 valence electrons. The van der Waals surface area contributed by atoms with E-state index < -0.39 is 0 Å². The van der Waals surface area contributed by atoms with Crippen LogP contribution in [0.1, 0.15) is 45.4 Å². The maximum Gasteiger partial charge on any atom is 0.0672 e. The van der Waals surface area contributed by atoms with Crippen LogP contribution in [0, 0.1) is 11.3 Å². The number of nitrogens with two attached hydrogens (primary N) is 1. The maximum atomic E-state index is 5.99. The first-order valence-corrected chi connectivity index (χ1v) is 6.14. The lowest BCUT2D eigenvalue weighted by atomic mass is 9.75. The predicted octanol–water partition coefficient (Wildman–Crippen LogP) is 2.32. The first-order chi connectivity index (χ1) is 6.82. The number of hydrogen-bond acceptors (Lipinski definition) is 2. The third kappa shape index (κ3) is 1.82. The van der Waals surface area contributed by atoms with Crippen LogP contribution in [0.25, 0.3) is 0 Å². The highest BCUT2D eigenvalue weighted by Gasteiger charge is 2.49. The topological polar surface area (TPSA) is 35.2 Å². The van der Waals surface area contributed by atoms with Crippen molar-refractivity contribution in [1.29, 1.82) is 0 Å². The van der Waals surface area contributed by atoms with Crippen molar-refractivity contribution in [3.05, 3.63) is 0 Å². The van der Waals surface area contributed by atoms with Crippen molar-refractivity contribution in [3.63, 3.8) is 0 Å². The molecule has 2 aliphatic rings. The number of rotatable bonds is 5. The molecule has 0 aromatic heterocycles. The zero-order valence-electron chi connectivity index (χ0n) is 9.30. The van der Waals surface area contributed by atoms with Gasteiger partial charge in [-0.1, -0.05) is 19.8 Å². The molecule has 14 heavy (non-hydrogen) atoms. The molecule has 2 N–H and O–H groups in total. The Bertz CT molecular complexity index is 191. The summed E-state index contributed by atoms with van der Waals surface area (Å²) >= 11 is 0. The third-order valence-corrected chi connectivity index (χ3v) is 3.99. The van der Waals surface area contributed by atoms with Gasteiger partial charge in [0.05, 0.1) is 6.10 Å². The molecule has 2 unspecified atom stereocenters. The van der Waals surface area contributed by atoms with Crippen molar-refractivity contribution >= 4 is 0 Å². The van der Waals surface area contributed by atoms with Crippen molar-refractivity contribution < 1.29 is 4.74 Å². The lowest BCUT2D eigenvalue weighted by molar-refractivity contribution is 0.0295. The normalized spacial score (nSPS) is 37.7. The van der Waals surface area contributed by atoms with Gasteiger partial charge in [0, 0.05) is 18.6 Å². The molecule has 2 fully saturated rings. The fourth-order valence-corrected chi connectivity index (χ4v) is 2.86. The van der Waals surface area contributed by atoms with E-state index in [1.807, 2.05) is 0 Å². The first-order valence-electron chi connectivity index (χ1n) is 6.14. The molecular formula is C12H23NO. The molecule has 1 heterocycles. The van der Waals surface area contributed by atoms with E-state index in [-0.39, 0.29) is 0 Å². The number of ether oxygens (including phenoxy) is 1. The van der Waals surface area contributed by atoms with Crippen molar-refractivity contribution in [3.8, 4) is 0 Å². The van der Waals surface area contributed by atoms with Gasteiger partial charge in [-0.05, 0) is 31.6 Å².